The van der Waals surface area contributed by atoms with E-state index in [9.17, 15) is 5.11 Å². The zero-order chi connectivity index (χ0) is 15.0. The fourth-order valence-electron chi connectivity index (χ4n) is 4.33. The second-order valence-corrected chi connectivity index (χ2v) is 7.00. The van der Waals surface area contributed by atoms with Crippen molar-refractivity contribution >= 4 is 0 Å². The molecule has 2 unspecified atom stereocenters. The molecular formula is C17H28N2O2. The predicted molar refractivity (Wildman–Crippen MR) is 82.1 cm³/mol. The SMILES string of the molecule is Cc1nn(C)c(C)c1C(O)C1CCOC2(CCCCC2)C1. The summed E-state index contributed by atoms with van der Waals surface area (Å²) in [6.07, 6.45) is 7.77. The third-order valence-corrected chi connectivity index (χ3v) is 5.60. The third kappa shape index (κ3) is 2.76. The van der Waals surface area contributed by atoms with E-state index >= 15 is 0 Å². The highest BCUT2D eigenvalue weighted by Gasteiger charge is 2.41. The molecule has 2 heterocycles. The number of aromatic nitrogens is 2. The molecule has 2 aliphatic rings. The number of aryl methyl sites for hydroxylation is 2. The van der Waals surface area contributed by atoms with Gasteiger partial charge in [-0.2, -0.15) is 5.10 Å². The molecule has 0 amide bonds. The van der Waals surface area contributed by atoms with Gasteiger partial charge in [0.2, 0.25) is 0 Å². The maximum atomic E-state index is 10.9. The van der Waals surface area contributed by atoms with Crippen molar-refractivity contribution < 1.29 is 9.84 Å². The summed E-state index contributed by atoms with van der Waals surface area (Å²) >= 11 is 0. The van der Waals surface area contributed by atoms with E-state index in [1.165, 1.54) is 32.1 Å². The fourth-order valence-corrected chi connectivity index (χ4v) is 4.33. The lowest BCUT2D eigenvalue weighted by molar-refractivity contribution is -0.134. The number of hydrogen-bond acceptors (Lipinski definition) is 3. The molecule has 1 aromatic heterocycles. The van der Waals surface area contributed by atoms with E-state index < -0.39 is 6.10 Å². The highest BCUT2D eigenvalue weighted by Crippen LogP contribution is 2.44. The average Bonchev–Trinajstić information content (AvgIpc) is 2.72. The summed E-state index contributed by atoms with van der Waals surface area (Å²) in [5, 5.41) is 15.4. The highest BCUT2D eigenvalue weighted by molar-refractivity contribution is 5.27. The molecule has 1 saturated carbocycles. The standard InChI is InChI=1S/C17H28N2O2/c1-12-15(13(2)19(3)18-12)16(20)14-7-10-21-17(11-14)8-5-4-6-9-17/h14,16,20H,4-11H2,1-3H3. The van der Waals surface area contributed by atoms with E-state index in [0.29, 0.717) is 5.92 Å². The van der Waals surface area contributed by atoms with E-state index in [0.717, 1.165) is 36.4 Å². The summed E-state index contributed by atoms with van der Waals surface area (Å²) in [4.78, 5) is 0. The lowest BCUT2D eigenvalue weighted by atomic mass is 9.73. The van der Waals surface area contributed by atoms with Gasteiger partial charge < -0.3 is 9.84 Å². The summed E-state index contributed by atoms with van der Waals surface area (Å²) in [7, 11) is 1.95. The first-order valence-electron chi connectivity index (χ1n) is 8.34. The predicted octanol–water partition coefficient (Wildman–Crippen LogP) is 3.20. The molecule has 0 aromatic carbocycles. The van der Waals surface area contributed by atoms with E-state index in [4.69, 9.17) is 4.74 Å². The van der Waals surface area contributed by atoms with Crippen LogP contribution in [0.3, 0.4) is 0 Å². The monoisotopic (exact) mass is 292 g/mol. The minimum Gasteiger partial charge on any atom is -0.388 e. The Morgan fingerprint density at radius 3 is 2.62 bits per heavy atom. The van der Waals surface area contributed by atoms with Gasteiger partial charge in [-0.15, -0.1) is 0 Å². The van der Waals surface area contributed by atoms with Crippen LogP contribution in [0, 0.1) is 19.8 Å². The number of nitrogens with zero attached hydrogens (tertiary/aromatic N) is 2. The minimum absolute atomic E-state index is 0.0478. The summed E-state index contributed by atoms with van der Waals surface area (Å²) in [5.74, 6) is 0.304. The molecule has 4 heteroatoms. The van der Waals surface area contributed by atoms with Crippen molar-refractivity contribution in [3.63, 3.8) is 0 Å². The van der Waals surface area contributed by atoms with E-state index in [1.54, 1.807) is 0 Å². The molecule has 21 heavy (non-hydrogen) atoms. The Hall–Kier alpha value is -0.870. The second-order valence-electron chi connectivity index (χ2n) is 7.00. The zero-order valence-corrected chi connectivity index (χ0v) is 13.6. The van der Waals surface area contributed by atoms with Crippen molar-refractivity contribution in [2.24, 2.45) is 13.0 Å². The van der Waals surface area contributed by atoms with Crippen molar-refractivity contribution in [1.29, 1.82) is 0 Å². The van der Waals surface area contributed by atoms with Crippen LogP contribution in [0.4, 0.5) is 0 Å². The maximum absolute atomic E-state index is 10.9. The van der Waals surface area contributed by atoms with E-state index in [2.05, 4.69) is 5.10 Å². The Morgan fingerprint density at radius 2 is 2.00 bits per heavy atom. The molecule has 0 bridgehead atoms. The summed E-state index contributed by atoms with van der Waals surface area (Å²) < 4.78 is 8.03. The molecule has 1 aliphatic carbocycles. The molecule has 1 aromatic rings. The maximum Gasteiger partial charge on any atom is 0.0855 e. The largest absolute Gasteiger partial charge is 0.388 e. The number of hydrogen-bond donors (Lipinski definition) is 1. The van der Waals surface area contributed by atoms with Crippen LogP contribution in [0.15, 0.2) is 0 Å². The minimum atomic E-state index is -0.401. The van der Waals surface area contributed by atoms with Crippen molar-refractivity contribution in [2.75, 3.05) is 6.61 Å². The van der Waals surface area contributed by atoms with Gasteiger partial charge in [0.25, 0.3) is 0 Å². The van der Waals surface area contributed by atoms with Crippen molar-refractivity contribution in [2.45, 2.75) is 70.5 Å². The lowest BCUT2D eigenvalue weighted by Crippen LogP contribution is -2.43. The average molecular weight is 292 g/mol. The Kier molecular flexibility index (Phi) is 4.10. The summed E-state index contributed by atoms with van der Waals surface area (Å²) in [6.45, 7) is 4.84. The van der Waals surface area contributed by atoms with Crippen LogP contribution in [-0.2, 0) is 11.8 Å². The van der Waals surface area contributed by atoms with Gasteiger partial charge in [0.15, 0.2) is 0 Å². The van der Waals surface area contributed by atoms with Crippen LogP contribution in [0.5, 0.6) is 0 Å². The molecule has 1 saturated heterocycles. The van der Waals surface area contributed by atoms with Crippen LogP contribution in [0.1, 0.15) is 68.0 Å². The Balaban J connectivity index is 1.79. The molecule has 118 valence electrons. The first kappa shape index (κ1) is 15.0. The lowest BCUT2D eigenvalue weighted by Gasteiger charge is -2.44. The van der Waals surface area contributed by atoms with Crippen LogP contribution >= 0.6 is 0 Å². The number of aliphatic hydroxyl groups is 1. The Labute approximate surface area is 127 Å². The van der Waals surface area contributed by atoms with Gasteiger partial charge >= 0.3 is 0 Å². The zero-order valence-electron chi connectivity index (χ0n) is 13.6. The summed E-state index contributed by atoms with van der Waals surface area (Å²) in [5.41, 5.74) is 3.14. The molecule has 2 atom stereocenters. The van der Waals surface area contributed by atoms with Crippen molar-refractivity contribution in [3.8, 4) is 0 Å². The van der Waals surface area contributed by atoms with E-state index in [1.807, 2.05) is 25.6 Å². The van der Waals surface area contributed by atoms with Crippen LogP contribution in [0.2, 0.25) is 0 Å². The molecule has 4 nitrogen and oxygen atoms in total. The van der Waals surface area contributed by atoms with Crippen molar-refractivity contribution in [3.05, 3.63) is 17.0 Å². The Morgan fingerprint density at radius 1 is 1.29 bits per heavy atom. The van der Waals surface area contributed by atoms with Crippen LogP contribution < -0.4 is 0 Å². The molecule has 1 spiro atoms. The first-order chi connectivity index (χ1) is 10.0. The molecule has 0 radical (unpaired) electrons. The normalized spacial score (nSPS) is 27.0. The van der Waals surface area contributed by atoms with Gasteiger partial charge in [0, 0.05) is 24.9 Å². The molecular weight excluding hydrogens is 264 g/mol. The quantitative estimate of drug-likeness (QED) is 0.910. The number of ether oxygens (including phenoxy) is 1. The fraction of sp³-hybridized carbons (Fsp3) is 0.824. The van der Waals surface area contributed by atoms with Crippen LogP contribution in [-0.4, -0.2) is 27.1 Å². The molecule has 1 N–H and O–H groups in total. The Bertz CT molecular complexity index is 498. The summed E-state index contributed by atoms with van der Waals surface area (Å²) in [6, 6.07) is 0. The van der Waals surface area contributed by atoms with Gasteiger partial charge in [0.1, 0.15) is 0 Å². The molecule has 2 fully saturated rings. The molecule has 3 rings (SSSR count). The van der Waals surface area contributed by atoms with Gasteiger partial charge in [-0.3, -0.25) is 4.68 Å². The van der Waals surface area contributed by atoms with Gasteiger partial charge in [-0.25, -0.2) is 0 Å². The van der Waals surface area contributed by atoms with Gasteiger partial charge in [-0.1, -0.05) is 19.3 Å². The topological polar surface area (TPSA) is 47.3 Å². The van der Waals surface area contributed by atoms with Crippen molar-refractivity contribution in [1.82, 2.24) is 9.78 Å². The van der Waals surface area contributed by atoms with E-state index in [-0.39, 0.29) is 5.60 Å². The van der Waals surface area contributed by atoms with Crippen LogP contribution in [0.25, 0.3) is 0 Å². The third-order valence-electron chi connectivity index (χ3n) is 5.60. The van der Waals surface area contributed by atoms with Gasteiger partial charge in [-0.05, 0) is 45.4 Å². The highest BCUT2D eigenvalue weighted by atomic mass is 16.5. The number of rotatable bonds is 2. The first-order valence-corrected chi connectivity index (χ1v) is 8.34. The number of aliphatic hydroxyl groups excluding tert-OH is 1. The smallest absolute Gasteiger partial charge is 0.0855 e. The van der Waals surface area contributed by atoms with Gasteiger partial charge in [0.05, 0.1) is 17.4 Å². The second kappa shape index (κ2) is 5.73. The molecule has 1 aliphatic heterocycles.